The van der Waals surface area contributed by atoms with Crippen LogP contribution in [0.4, 0.5) is 0 Å². The summed E-state index contributed by atoms with van der Waals surface area (Å²) in [5.41, 5.74) is 7.74. The van der Waals surface area contributed by atoms with Gasteiger partial charge in [0.1, 0.15) is 5.82 Å². The van der Waals surface area contributed by atoms with Crippen LogP contribution >= 0.6 is 11.3 Å². The lowest BCUT2D eigenvalue weighted by Crippen LogP contribution is -2.20. The van der Waals surface area contributed by atoms with Gasteiger partial charge in [-0.2, -0.15) is 0 Å². The molecule has 0 unspecified atom stereocenters. The maximum atomic E-state index is 4.85. The van der Waals surface area contributed by atoms with E-state index in [0.29, 0.717) is 10.8 Å². The molecule has 0 amide bonds. The summed E-state index contributed by atoms with van der Waals surface area (Å²) < 4.78 is 2.40. The van der Waals surface area contributed by atoms with Gasteiger partial charge in [0.2, 0.25) is 0 Å². The molecule has 0 aliphatic heterocycles. The molecule has 4 rings (SSSR count). The lowest BCUT2D eigenvalue weighted by Gasteiger charge is -2.24. The van der Waals surface area contributed by atoms with Gasteiger partial charge in [-0.05, 0) is 64.3 Å². The fourth-order valence-corrected chi connectivity index (χ4v) is 6.18. The second kappa shape index (κ2) is 15.6. The predicted molar refractivity (Wildman–Crippen MR) is 212 cm³/mol. The van der Waals surface area contributed by atoms with E-state index in [9.17, 15) is 0 Å². The van der Waals surface area contributed by atoms with E-state index in [2.05, 4.69) is 181 Å². The Balaban J connectivity index is 0.000000254. The summed E-state index contributed by atoms with van der Waals surface area (Å²) in [6.07, 6.45) is 5.12. The van der Waals surface area contributed by atoms with Crippen LogP contribution in [0.25, 0.3) is 11.0 Å². The van der Waals surface area contributed by atoms with Crippen LogP contribution < -0.4 is 0 Å². The molecule has 0 atom stereocenters. The maximum absolute atomic E-state index is 4.85. The molecule has 0 N–H and O–H groups in total. The van der Waals surface area contributed by atoms with E-state index in [1.807, 2.05) is 6.20 Å². The molecule has 0 aliphatic rings. The summed E-state index contributed by atoms with van der Waals surface area (Å²) >= 11 is 1.79. The van der Waals surface area contributed by atoms with E-state index in [1.165, 1.54) is 33.3 Å². The lowest BCUT2D eigenvalue weighted by atomic mass is 9.85. The van der Waals surface area contributed by atoms with Crippen molar-refractivity contribution in [3.63, 3.8) is 0 Å². The molecular formula is C43H70N4S. The van der Waals surface area contributed by atoms with Crippen LogP contribution in [-0.4, -0.2) is 19.5 Å². The van der Waals surface area contributed by atoms with Crippen molar-refractivity contribution in [2.45, 2.75) is 161 Å². The second-order valence-corrected chi connectivity index (χ2v) is 21.4. The number of benzene rings is 1. The van der Waals surface area contributed by atoms with Crippen LogP contribution in [0.5, 0.6) is 0 Å². The van der Waals surface area contributed by atoms with Gasteiger partial charge in [-0.15, -0.1) is 11.3 Å². The first-order valence-electron chi connectivity index (χ1n) is 17.9. The summed E-state index contributed by atoms with van der Waals surface area (Å²) in [5, 5.41) is 3.45. The van der Waals surface area contributed by atoms with Crippen molar-refractivity contribution in [2.24, 2.45) is 21.7 Å². The van der Waals surface area contributed by atoms with E-state index in [-0.39, 0.29) is 21.7 Å². The van der Waals surface area contributed by atoms with Gasteiger partial charge >= 0.3 is 0 Å². The largest absolute Gasteiger partial charge is 0.327 e. The number of thiazole rings is 1. The number of pyridine rings is 1. The zero-order valence-corrected chi connectivity index (χ0v) is 35.0. The number of fused-ring (bicyclic) bond motifs is 1. The van der Waals surface area contributed by atoms with Crippen LogP contribution in [0.1, 0.15) is 152 Å². The summed E-state index contributed by atoms with van der Waals surface area (Å²) in [6, 6.07) is 12.8. The fraction of sp³-hybridized carbons (Fsp3) is 0.651. The molecule has 0 saturated heterocycles. The molecule has 0 saturated carbocycles. The molecule has 0 radical (unpaired) electrons. The van der Waals surface area contributed by atoms with E-state index in [1.54, 1.807) is 11.3 Å². The number of rotatable bonds is 4. The highest BCUT2D eigenvalue weighted by molar-refractivity contribution is 7.09. The van der Waals surface area contributed by atoms with Gasteiger partial charge in [0.25, 0.3) is 0 Å². The van der Waals surface area contributed by atoms with Gasteiger partial charge in [0, 0.05) is 41.1 Å². The third-order valence-electron chi connectivity index (χ3n) is 7.29. The average molecular weight is 675 g/mol. The molecule has 1 aromatic carbocycles. The molecule has 268 valence electrons. The van der Waals surface area contributed by atoms with E-state index in [0.717, 1.165) is 31.3 Å². The Morgan fingerprint density at radius 1 is 0.604 bits per heavy atom. The Hall–Kier alpha value is -2.53. The van der Waals surface area contributed by atoms with Crippen LogP contribution in [0.15, 0.2) is 48.0 Å². The first-order valence-corrected chi connectivity index (χ1v) is 18.7. The van der Waals surface area contributed by atoms with Gasteiger partial charge in [0.15, 0.2) is 0 Å². The number of hydrogen-bond donors (Lipinski definition) is 0. The maximum Gasteiger partial charge on any atom is 0.110 e. The van der Waals surface area contributed by atoms with Crippen molar-refractivity contribution in [3.8, 4) is 0 Å². The van der Waals surface area contributed by atoms with Crippen molar-refractivity contribution >= 4 is 22.4 Å². The average Bonchev–Trinajstić information content (AvgIpc) is 3.45. The van der Waals surface area contributed by atoms with Gasteiger partial charge in [-0.1, -0.05) is 137 Å². The Labute approximate surface area is 299 Å². The molecule has 0 aliphatic carbocycles. The summed E-state index contributed by atoms with van der Waals surface area (Å²) in [7, 11) is 0. The van der Waals surface area contributed by atoms with E-state index in [4.69, 9.17) is 4.98 Å². The topological polar surface area (TPSA) is 43.6 Å². The number of nitrogens with zero attached hydrogens (tertiary/aromatic N) is 4. The molecule has 5 heteroatoms. The first kappa shape index (κ1) is 41.6. The highest BCUT2D eigenvalue weighted by Crippen LogP contribution is 2.30. The summed E-state index contributed by atoms with van der Waals surface area (Å²) in [6.45, 7) is 41.5. The van der Waals surface area contributed by atoms with Crippen LogP contribution in [0.2, 0.25) is 0 Å². The summed E-state index contributed by atoms with van der Waals surface area (Å²) in [4.78, 5) is 14.0. The Morgan fingerprint density at radius 3 is 1.65 bits per heavy atom. The van der Waals surface area contributed by atoms with Crippen LogP contribution in [0.3, 0.4) is 0 Å². The molecule has 0 bridgehead atoms. The fourth-order valence-electron chi connectivity index (χ4n) is 5.27. The molecule has 4 aromatic rings. The molecule has 4 nitrogen and oxygen atoms in total. The zero-order valence-electron chi connectivity index (χ0n) is 34.1. The van der Waals surface area contributed by atoms with Crippen molar-refractivity contribution < 1.29 is 0 Å². The quantitative estimate of drug-likeness (QED) is 0.216. The van der Waals surface area contributed by atoms with Crippen molar-refractivity contribution in [3.05, 3.63) is 75.8 Å². The van der Waals surface area contributed by atoms with Crippen molar-refractivity contribution in [1.82, 2.24) is 19.5 Å². The molecule has 3 aromatic heterocycles. The number of hydrogen-bond acceptors (Lipinski definition) is 4. The highest BCUT2D eigenvalue weighted by Gasteiger charge is 2.22. The lowest BCUT2D eigenvalue weighted by molar-refractivity contribution is 0.328. The van der Waals surface area contributed by atoms with Crippen molar-refractivity contribution in [1.29, 1.82) is 0 Å². The van der Waals surface area contributed by atoms with Crippen molar-refractivity contribution in [2.75, 3.05) is 0 Å². The van der Waals surface area contributed by atoms with Gasteiger partial charge < -0.3 is 4.57 Å². The van der Waals surface area contributed by atoms with Gasteiger partial charge in [-0.3, -0.25) is 4.98 Å². The molecule has 0 fully saturated rings. The Bertz CT molecular complexity index is 1560. The van der Waals surface area contributed by atoms with Gasteiger partial charge in [-0.25, -0.2) is 9.97 Å². The molecule has 48 heavy (non-hydrogen) atoms. The Kier molecular flexibility index (Phi) is 13.5. The second-order valence-electron chi connectivity index (χ2n) is 20.6. The van der Waals surface area contributed by atoms with E-state index >= 15 is 0 Å². The van der Waals surface area contributed by atoms with Crippen LogP contribution in [-0.2, 0) is 36.6 Å². The molecule has 3 heterocycles. The van der Waals surface area contributed by atoms with E-state index < -0.39 is 0 Å². The first-order chi connectivity index (χ1) is 21.5. The highest BCUT2D eigenvalue weighted by atomic mass is 32.1. The van der Waals surface area contributed by atoms with Gasteiger partial charge in [0.05, 0.1) is 21.7 Å². The third-order valence-corrected chi connectivity index (χ3v) is 8.60. The number of aromatic nitrogens is 4. The zero-order chi connectivity index (χ0) is 36.9. The predicted octanol–water partition coefficient (Wildman–Crippen LogP) is 12.7. The summed E-state index contributed by atoms with van der Waals surface area (Å²) in [5.74, 6) is 1.21. The minimum atomic E-state index is 0.147. The third kappa shape index (κ3) is 15.3. The minimum Gasteiger partial charge on any atom is -0.327 e. The Morgan fingerprint density at radius 2 is 1.17 bits per heavy atom. The molecule has 0 spiro atoms. The van der Waals surface area contributed by atoms with Crippen LogP contribution in [0, 0.1) is 21.7 Å². The number of para-hydroxylation sites is 2. The normalized spacial score (nSPS) is 13.1. The molecular weight excluding hydrogens is 605 g/mol. The minimum absolute atomic E-state index is 0.147. The smallest absolute Gasteiger partial charge is 0.110 e. The monoisotopic (exact) mass is 675 g/mol. The standard InChI is InChI=1S/C17H26N2.C14H23N.C12H21NS/c1-16(2,3)11-15-18-13-9-7-8-10-14(13)19(15)12-17(4,5)6;1-13(2,3)10-11-7-8-15-12(9-11)14(4,5)6;1-11(2,3)7-9-8-14-10(13-9)12(4,5)6/h7-10H,11-12H2,1-6H3;7-9H,10H2,1-6H3;8H,7H2,1-6H3. The SMILES string of the molecule is CC(C)(C)Cc1ccnc(C(C)(C)C)c1.CC(C)(C)Cc1csc(C(C)(C)C)n1.CC(C)(C)Cc1nc2ccccc2n1CC(C)(C)C. The number of imidazole rings is 1.